The first-order valence-electron chi connectivity index (χ1n) is 8.12. The molecule has 1 aliphatic rings. The van der Waals surface area contributed by atoms with E-state index in [0.29, 0.717) is 11.2 Å². The molecule has 27 heavy (non-hydrogen) atoms. The lowest BCUT2D eigenvalue weighted by molar-refractivity contribution is -0.152. The van der Waals surface area contributed by atoms with Crippen LogP contribution in [0.3, 0.4) is 0 Å². The highest BCUT2D eigenvalue weighted by Crippen LogP contribution is 2.20. The number of aliphatic hydroxyl groups is 2. The summed E-state index contributed by atoms with van der Waals surface area (Å²) in [5, 5.41) is 25.1. The van der Waals surface area contributed by atoms with E-state index in [1.54, 1.807) is 15.5 Å². The van der Waals surface area contributed by atoms with E-state index in [-0.39, 0.29) is 24.7 Å². The van der Waals surface area contributed by atoms with Gasteiger partial charge in [0.1, 0.15) is 35.8 Å². The van der Waals surface area contributed by atoms with Gasteiger partial charge in [-0.15, -0.1) is 11.3 Å². The van der Waals surface area contributed by atoms with E-state index < -0.39 is 30.3 Å². The number of anilines is 1. The number of hydrogen-bond donors (Lipinski definition) is 4. The van der Waals surface area contributed by atoms with Crippen molar-refractivity contribution in [3.63, 3.8) is 0 Å². The Hall–Kier alpha value is -2.67. The van der Waals surface area contributed by atoms with Gasteiger partial charge in [0.05, 0.1) is 31.0 Å². The van der Waals surface area contributed by atoms with Crippen LogP contribution < -0.4 is 11.1 Å². The van der Waals surface area contributed by atoms with Crippen molar-refractivity contribution in [2.45, 2.75) is 30.9 Å². The van der Waals surface area contributed by atoms with E-state index in [1.165, 1.54) is 24.0 Å². The number of nitrogens with one attached hydrogen (secondary N) is 1. The van der Waals surface area contributed by atoms with Crippen molar-refractivity contribution in [2.24, 2.45) is 0 Å². The number of nitrogens with zero attached hydrogens (tertiary/aromatic N) is 5. The molecule has 0 aromatic carbocycles. The number of fused-ring (bicyclic) bond motifs is 1. The first kappa shape index (κ1) is 17.7. The van der Waals surface area contributed by atoms with Crippen LogP contribution in [0.5, 0.6) is 0 Å². The molecule has 0 unspecified atom stereocenters. The second-order valence-electron chi connectivity index (χ2n) is 6.13. The molecule has 0 aliphatic carbocycles. The molecule has 0 spiro atoms. The van der Waals surface area contributed by atoms with Gasteiger partial charge in [-0.2, -0.15) is 0 Å². The Morgan fingerprint density at radius 1 is 1.33 bits per heavy atom. The lowest BCUT2D eigenvalue weighted by Gasteiger charge is -2.37. The quantitative estimate of drug-likeness (QED) is 0.427. The Morgan fingerprint density at radius 2 is 2.19 bits per heavy atom. The average Bonchev–Trinajstić information content (AvgIpc) is 3.32. The van der Waals surface area contributed by atoms with E-state index in [2.05, 4.69) is 25.3 Å². The van der Waals surface area contributed by atoms with Crippen LogP contribution in [0.2, 0.25) is 0 Å². The van der Waals surface area contributed by atoms with Crippen molar-refractivity contribution >= 4 is 34.2 Å². The van der Waals surface area contributed by atoms with Crippen LogP contribution >= 0.6 is 11.3 Å². The van der Waals surface area contributed by atoms with Gasteiger partial charge in [0, 0.05) is 5.38 Å². The minimum absolute atomic E-state index is 0.0442. The van der Waals surface area contributed by atoms with Crippen LogP contribution in [0, 0.1) is 0 Å². The fraction of sp³-hybridized carbons (Fsp3) is 0.400. The number of nitrogen functional groups attached to an aromatic ring is 1. The zero-order valence-corrected chi connectivity index (χ0v) is 14.8. The third-order valence-corrected chi connectivity index (χ3v) is 5.01. The Bertz CT molecular complexity index is 947. The maximum Gasteiger partial charge on any atom is 0.271 e. The molecule has 11 nitrogen and oxygen atoms in total. The number of carbonyl (C=O) groups is 1. The monoisotopic (exact) mass is 391 g/mol. The number of amides is 1. The smallest absolute Gasteiger partial charge is 0.271 e. The number of nitrogens with two attached hydrogens (primary N) is 1. The highest BCUT2D eigenvalue weighted by Gasteiger charge is 2.39. The second-order valence-corrected chi connectivity index (χ2v) is 6.85. The van der Waals surface area contributed by atoms with Crippen LogP contribution in [-0.2, 0) is 11.3 Å². The molecule has 4 atom stereocenters. The van der Waals surface area contributed by atoms with Crippen molar-refractivity contribution in [1.29, 1.82) is 0 Å². The van der Waals surface area contributed by atoms with E-state index in [1.807, 2.05) is 0 Å². The standard InChI is InChI=1S/C15H17N7O4S/c16-13-10-14(18-4-17-13)22(5-19-10)1-9-12(24)11(23)7(2-26-9)21-15(25)8-3-27-6-20-8/h3-7,9,11-12,23-24H,1-2H2,(H,21,25)(H2,16,17,18)/t7-,9-,11+,12-/m1/s1. The number of rotatable bonds is 4. The van der Waals surface area contributed by atoms with Gasteiger partial charge in [0.25, 0.3) is 5.91 Å². The Labute approximate surface area is 156 Å². The number of hydrogen-bond acceptors (Lipinski definition) is 10. The molecule has 1 aliphatic heterocycles. The van der Waals surface area contributed by atoms with Crippen molar-refractivity contribution in [1.82, 2.24) is 29.8 Å². The zero-order chi connectivity index (χ0) is 19.0. The molecule has 0 radical (unpaired) electrons. The normalized spacial score (nSPS) is 25.6. The molecule has 4 heterocycles. The van der Waals surface area contributed by atoms with Crippen LogP contribution in [0.1, 0.15) is 10.5 Å². The van der Waals surface area contributed by atoms with Crippen LogP contribution in [0.15, 0.2) is 23.5 Å². The molecule has 0 saturated carbocycles. The van der Waals surface area contributed by atoms with Gasteiger partial charge < -0.3 is 30.6 Å². The molecule has 1 saturated heterocycles. The molecule has 1 fully saturated rings. The lowest BCUT2D eigenvalue weighted by atomic mass is 9.97. The topological polar surface area (TPSA) is 161 Å². The number of thiazole rings is 1. The summed E-state index contributed by atoms with van der Waals surface area (Å²) in [4.78, 5) is 28.2. The summed E-state index contributed by atoms with van der Waals surface area (Å²) in [6.07, 6.45) is -0.265. The Kier molecular flexibility index (Phi) is 4.70. The SMILES string of the molecule is Nc1ncnc2c1ncn2C[C@H]1OC[C@@H](NC(=O)c2cscn2)[C@H](O)[C@@H]1O. The summed E-state index contributed by atoms with van der Waals surface area (Å²) in [5.74, 6) is -0.170. The van der Waals surface area contributed by atoms with Gasteiger partial charge in [-0.25, -0.2) is 19.9 Å². The summed E-state index contributed by atoms with van der Waals surface area (Å²) >= 11 is 1.29. The number of ether oxygens (including phenoxy) is 1. The van der Waals surface area contributed by atoms with Gasteiger partial charge >= 0.3 is 0 Å². The molecular formula is C15H17N7O4S. The summed E-state index contributed by atoms with van der Waals surface area (Å²) in [6.45, 7) is 0.250. The van der Waals surface area contributed by atoms with Crippen LogP contribution in [0.25, 0.3) is 11.2 Å². The first-order valence-corrected chi connectivity index (χ1v) is 9.07. The number of aliphatic hydroxyl groups excluding tert-OH is 2. The molecule has 3 aromatic heterocycles. The fourth-order valence-corrected chi connectivity index (χ4v) is 3.50. The van der Waals surface area contributed by atoms with E-state index >= 15 is 0 Å². The summed E-state index contributed by atoms with van der Waals surface area (Å²) in [6, 6.07) is -0.747. The molecule has 0 bridgehead atoms. The predicted octanol–water partition coefficient (Wildman–Crippen LogP) is -1.22. The number of aromatic nitrogens is 5. The van der Waals surface area contributed by atoms with Gasteiger partial charge in [-0.1, -0.05) is 0 Å². The van der Waals surface area contributed by atoms with E-state index in [4.69, 9.17) is 10.5 Å². The minimum atomic E-state index is -1.21. The second kappa shape index (κ2) is 7.15. The largest absolute Gasteiger partial charge is 0.388 e. The average molecular weight is 391 g/mol. The number of carbonyl (C=O) groups excluding carboxylic acids is 1. The number of imidazole rings is 1. The first-order chi connectivity index (χ1) is 13.0. The van der Waals surface area contributed by atoms with Gasteiger partial charge in [0.2, 0.25) is 0 Å². The van der Waals surface area contributed by atoms with E-state index in [0.717, 1.165) is 0 Å². The third kappa shape index (κ3) is 3.35. The summed E-state index contributed by atoms with van der Waals surface area (Å²) in [7, 11) is 0. The van der Waals surface area contributed by atoms with Crippen molar-refractivity contribution in [3.8, 4) is 0 Å². The third-order valence-electron chi connectivity index (χ3n) is 4.42. The molecule has 3 aromatic rings. The summed E-state index contributed by atoms with van der Waals surface area (Å²) < 4.78 is 7.35. The Balaban J connectivity index is 1.44. The van der Waals surface area contributed by atoms with Gasteiger partial charge in [-0.3, -0.25) is 4.79 Å². The van der Waals surface area contributed by atoms with Gasteiger partial charge in [-0.05, 0) is 0 Å². The molecule has 1 amide bonds. The molecule has 12 heteroatoms. The maximum atomic E-state index is 12.1. The predicted molar refractivity (Wildman–Crippen MR) is 94.9 cm³/mol. The van der Waals surface area contributed by atoms with Crippen LogP contribution in [0.4, 0.5) is 5.82 Å². The highest BCUT2D eigenvalue weighted by molar-refractivity contribution is 7.07. The fourth-order valence-electron chi connectivity index (χ4n) is 2.96. The Morgan fingerprint density at radius 3 is 2.96 bits per heavy atom. The minimum Gasteiger partial charge on any atom is -0.388 e. The van der Waals surface area contributed by atoms with Gasteiger partial charge in [0.15, 0.2) is 11.5 Å². The maximum absolute atomic E-state index is 12.1. The van der Waals surface area contributed by atoms with Crippen molar-refractivity contribution in [2.75, 3.05) is 12.3 Å². The summed E-state index contributed by atoms with van der Waals surface area (Å²) in [5.41, 5.74) is 8.52. The highest BCUT2D eigenvalue weighted by atomic mass is 32.1. The lowest BCUT2D eigenvalue weighted by Crippen LogP contribution is -2.60. The van der Waals surface area contributed by atoms with Crippen molar-refractivity contribution < 1.29 is 19.7 Å². The molecule has 4 rings (SSSR count). The molecular weight excluding hydrogens is 374 g/mol. The van der Waals surface area contributed by atoms with E-state index in [9.17, 15) is 15.0 Å². The molecule has 5 N–H and O–H groups in total. The zero-order valence-electron chi connectivity index (χ0n) is 14.0. The van der Waals surface area contributed by atoms with Crippen LogP contribution in [-0.4, -0.2) is 71.6 Å². The van der Waals surface area contributed by atoms with Crippen molar-refractivity contribution in [3.05, 3.63) is 29.2 Å². The molecule has 142 valence electrons.